The Bertz CT molecular complexity index is 917. The van der Waals surface area contributed by atoms with Crippen LogP contribution in [0.15, 0.2) is 62.7 Å². The number of nitrogens with one attached hydrogen (secondary N) is 1. The SMILES string of the molecule is CC(C)Sc1ccc(C(=O)NC2=NS(=O)(=O)c3ccccc32)cc1. The molecule has 0 unspecified atom stereocenters. The number of sulfonamides is 1. The lowest BCUT2D eigenvalue weighted by Gasteiger charge is -2.07. The van der Waals surface area contributed by atoms with Crippen LogP contribution in [0.4, 0.5) is 0 Å². The van der Waals surface area contributed by atoms with E-state index < -0.39 is 10.0 Å². The standard InChI is InChI=1S/C17H16N2O3S2/c1-11(2)23-13-9-7-12(8-10-13)17(20)18-16-14-5-3-4-6-15(14)24(21,22)19-16/h3-11H,1-2H3,(H,18,19,20). The van der Waals surface area contributed by atoms with Gasteiger partial charge < -0.3 is 5.32 Å². The average Bonchev–Trinajstić information content (AvgIpc) is 2.79. The maximum absolute atomic E-state index is 12.4. The monoisotopic (exact) mass is 360 g/mol. The van der Waals surface area contributed by atoms with Crippen LogP contribution in [0.2, 0.25) is 0 Å². The molecule has 0 atom stereocenters. The highest BCUT2D eigenvalue weighted by atomic mass is 32.2. The van der Waals surface area contributed by atoms with Crippen molar-refractivity contribution in [3.63, 3.8) is 0 Å². The van der Waals surface area contributed by atoms with E-state index in [4.69, 9.17) is 0 Å². The number of amides is 1. The third kappa shape index (κ3) is 3.37. The van der Waals surface area contributed by atoms with Gasteiger partial charge in [-0.2, -0.15) is 8.42 Å². The predicted octanol–water partition coefficient (Wildman–Crippen LogP) is 3.07. The first kappa shape index (κ1) is 16.7. The van der Waals surface area contributed by atoms with Crippen LogP contribution in [-0.4, -0.2) is 25.4 Å². The number of amidine groups is 1. The molecular weight excluding hydrogens is 344 g/mol. The second-order valence-electron chi connectivity index (χ2n) is 5.56. The summed E-state index contributed by atoms with van der Waals surface area (Å²) in [6, 6.07) is 13.6. The van der Waals surface area contributed by atoms with E-state index in [1.807, 2.05) is 12.1 Å². The molecule has 0 fully saturated rings. The average molecular weight is 360 g/mol. The lowest BCUT2D eigenvalue weighted by molar-refractivity contribution is 0.0977. The fourth-order valence-electron chi connectivity index (χ4n) is 2.33. The molecule has 5 nitrogen and oxygen atoms in total. The Balaban J connectivity index is 1.81. The number of carbonyl (C=O) groups is 1. The van der Waals surface area contributed by atoms with Crippen molar-refractivity contribution in [2.45, 2.75) is 28.9 Å². The Labute approximate surface area is 145 Å². The van der Waals surface area contributed by atoms with Crippen LogP contribution in [-0.2, 0) is 10.0 Å². The molecule has 0 aliphatic carbocycles. The zero-order chi connectivity index (χ0) is 17.3. The Hall–Kier alpha value is -2.12. The van der Waals surface area contributed by atoms with Crippen LogP contribution >= 0.6 is 11.8 Å². The minimum atomic E-state index is -3.73. The largest absolute Gasteiger partial charge is 0.305 e. The zero-order valence-electron chi connectivity index (χ0n) is 13.2. The smallest absolute Gasteiger partial charge is 0.285 e. The van der Waals surface area contributed by atoms with Crippen molar-refractivity contribution in [2.24, 2.45) is 4.40 Å². The van der Waals surface area contributed by atoms with Crippen LogP contribution in [0, 0.1) is 0 Å². The number of fused-ring (bicyclic) bond motifs is 1. The molecule has 124 valence electrons. The molecule has 1 aliphatic heterocycles. The summed E-state index contributed by atoms with van der Waals surface area (Å²) < 4.78 is 27.6. The minimum absolute atomic E-state index is 0.0660. The van der Waals surface area contributed by atoms with Crippen LogP contribution < -0.4 is 5.32 Å². The van der Waals surface area contributed by atoms with E-state index in [1.54, 1.807) is 42.1 Å². The summed E-state index contributed by atoms with van der Waals surface area (Å²) in [7, 11) is -3.73. The summed E-state index contributed by atoms with van der Waals surface area (Å²) >= 11 is 1.71. The van der Waals surface area contributed by atoms with Gasteiger partial charge >= 0.3 is 0 Å². The van der Waals surface area contributed by atoms with Gasteiger partial charge in [-0.15, -0.1) is 16.2 Å². The molecule has 3 rings (SSSR count). The molecule has 0 saturated heterocycles. The van der Waals surface area contributed by atoms with Crippen LogP contribution in [0.1, 0.15) is 29.8 Å². The van der Waals surface area contributed by atoms with E-state index in [-0.39, 0.29) is 16.6 Å². The molecule has 1 amide bonds. The normalized spacial score (nSPS) is 15.0. The number of benzene rings is 2. The number of carbonyl (C=O) groups excluding carboxylic acids is 1. The zero-order valence-corrected chi connectivity index (χ0v) is 14.8. The minimum Gasteiger partial charge on any atom is -0.305 e. The molecule has 2 aromatic rings. The molecule has 0 saturated carbocycles. The third-order valence-corrected chi connectivity index (χ3v) is 5.70. The highest BCUT2D eigenvalue weighted by Gasteiger charge is 2.29. The van der Waals surface area contributed by atoms with E-state index in [1.165, 1.54) is 6.07 Å². The van der Waals surface area contributed by atoms with Crippen LogP contribution in [0.5, 0.6) is 0 Å². The first-order chi connectivity index (χ1) is 11.4. The molecule has 2 aromatic carbocycles. The molecule has 1 heterocycles. The van der Waals surface area contributed by atoms with Crippen LogP contribution in [0.25, 0.3) is 0 Å². The van der Waals surface area contributed by atoms with E-state index in [9.17, 15) is 13.2 Å². The second-order valence-corrected chi connectivity index (χ2v) is 8.78. The molecule has 1 N–H and O–H groups in total. The molecule has 1 aliphatic rings. The van der Waals surface area contributed by atoms with Gasteiger partial charge in [0.2, 0.25) is 0 Å². The van der Waals surface area contributed by atoms with E-state index >= 15 is 0 Å². The lowest BCUT2D eigenvalue weighted by Crippen LogP contribution is -2.30. The van der Waals surface area contributed by atoms with Crippen molar-refractivity contribution in [1.29, 1.82) is 0 Å². The van der Waals surface area contributed by atoms with E-state index in [2.05, 4.69) is 23.6 Å². The van der Waals surface area contributed by atoms with Crippen molar-refractivity contribution in [3.05, 3.63) is 59.7 Å². The number of hydrogen-bond acceptors (Lipinski definition) is 4. The van der Waals surface area contributed by atoms with Gasteiger partial charge in [0.15, 0.2) is 5.84 Å². The summed E-state index contributed by atoms with van der Waals surface area (Å²) in [5.74, 6) is -0.321. The Morgan fingerprint density at radius 1 is 1.08 bits per heavy atom. The first-order valence-corrected chi connectivity index (χ1v) is 9.71. The Kier molecular flexibility index (Phi) is 4.47. The Morgan fingerprint density at radius 2 is 1.75 bits per heavy atom. The number of thioether (sulfide) groups is 1. The van der Waals surface area contributed by atoms with Crippen molar-refractivity contribution < 1.29 is 13.2 Å². The highest BCUT2D eigenvalue weighted by Crippen LogP contribution is 2.25. The van der Waals surface area contributed by atoms with Gasteiger partial charge in [0.25, 0.3) is 15.9 Å². The van der Waals surface area contributed by atoms with Gasteiger partial charge in [0.1, 0.15) is 4.90 Å². The Morgan fingerprint density at radius 3 is 2.42 bits per heavy atom. The topological polar surface area (TPSA) is 75.6 Å². The highest BCUT2D eigenvalue weighted by molar-refractivity contribution is 7.99. The number of hydrogen-bond donors (Lipinski definition) is 1. The van der Waals surface area contributed by atoms with Gasteiger partial charge in [0, 0.05) is 21.3 Å². The third-order valence-electron chi connectivity index (χ3n) is 3.35. The van der Waals surface area contributed by atoms with E-state index in [0.717, 1.165) is 4.90 Å². The quantitative estimate of drug-likeness (QED) is 0.854. The number of nitrogens with zero attached hydrogens (tertiary/aromatic N) is 1. The molecule has 24 heavy (non-hydrogen) atoms. The molecular formula is C17H16N2O3S2. The van der Waals surface area contributed by atoms with Crippen molar-refractivity contribution in [3.8, 4) is 0 Å². The maximum atomic E-state index is 12.4. The van der Waals surface area contributed by atoms with E-state index in [0.29, 0.717) is 16.4 Å². The van der Waals surface area contributed by atoms with Crippen molar-refractivity contribution >= 4 is 33.5 Å². The first-order valence-electron chi connectivity index (χ1n) is 7.39. The van der Waals surface area contributed by atoms with Crippen LogP contribution in [0.3, 0.4) is 0 Å². The molecule has 0 spiro atoms. The summed E-state index contributed by atoms with van der Waals surface area (Å²) in [6.07, 6.45) is 0. The van der Waals surface area contributed by atoms with Gasteiger partial charge in [0.05, 0.1) is 0 Å². The second kappa shape index (κ2) is 6.41. The predicted molar refractivity (Wildman–Crippen MR) is 95.1 cm³/mol. The number of rotatable bonds is 3. The fraction of sp³-hybridized carbons (Fsp3) is 0.176. The molecule has 0 bridgehead atoms. The molecule has 0 aromatic heterocycles. The lowest BCUT2D eigenvalue weighted by atomic mass is 10.2. The van der Waals surface area contributed by atoms with Gasteiger partial charge in [-0.3, -0.25) is 4.79 Å². The molecule has 0 radical (unpaired) electrons. The van der Waals surface area contributed by atoms with Crippen molar-refractivity contribution in [2.75, 3.05) is 0 Å². The van der Waals surface area contributed by atoms with Gasteiger partial charge in [-0.05, 0) is 36.4 Å². The maximum Gasteiger partial charge on any atom is 0.285 e. The van der Waals surface area contributed by atoms with Gasteiger partial charge in [-0.1, -0.05) is 26.0 Å². The van der Waals surface area contributed by atoms with Gasteiger partial charge in [-0.25, -0.2) is 0 Å². The summed E-state index contributed by atoms with van der Waals surface area (Å²) in [6.45, 7) is 4.20. The molecule has 7 heteroatoms. The summed E-state index contributed by atoms with van der Waals surface area (Å²) in [5.41, 5.74) is 0.866. The fourth-order valence-corrected chi connectivity index (χ4v) is 4.35. The van der Waals surface area contributed by atoms with Crippen molar-refractivity contribution in [1.82, 2.24) is 5.32 Å². The summed E-state index contributed by atoms with van der Waals surface area (Å²) in [5, 5.41) is 3.05. The summed E-state index contributed by atoms with van der Waals surface area (Å²) in [4.78, 5) is 13.6.